The first kappa shape index (κ1) is 15.1. The molecule has 0 radical (unpaired) electrons. The van der Waals surface area contributed by atoms with Crippen molar-refractivity contribution in [2.24, 2.45) is 0 Å². The third kappa shape index (κ3) is 3.84. The fourth-order valence-corrected chi connectivity index (χ4v) is 2.66. The molecule has 1 N–H and O–H groups in total. The van der Waals surface area contributed by atoms with Crippen LogP contribution in [0.2, 0.25) is 10.0 Å². The molecule has 0 heterocycles. The first-order valence-corrected chi connectivity index (χ1v) is 7.81. The molecule has 2 nitrogen and oxygen atoms in total. The van der Waals surface area contributed by atoms with Crippen molar-refractivity contribution < 1.29 is 4.79 Å². The lowest BCUT2D eigenvalue weighted by Crippen LogP contribution is -2.12. The SMILES string of the molecule is O=C(Nc1ccc(Cl)c(Cl)c1)c1cc(I)ccc1Br. The molecule has 0 aromatic heterocycles. The highest BCUT2D eigenvalue weighted by atomic mass is 127. The van der Waals surface area contributed by atoms with Crippen LogP contribution in [0, 0.1) is 3.57 Å². The van der Waals surface area contributed by atoms with E-state index in [9.17, 15) is 4.79 Å². The smallest absolute Gasteiger partial charge is 0.256 e. The van der Waals surface area contributed by atoms with Gasteiger partial charge in [0.15, 0.2) is 0 Å². The average Bonchev–Trinajstić information content (AvgIpc) is 2.36. The number of amides is 1. The van der Waals surface area contributed by atoms with E-state index >= 15 is 0 Å². The molecule has 0 bridgehead atoms. The molecule has 19 heavy (non-hydrogen) atoms. The number of carbonyl (C=O) groups is 1. The Labute approximate surface area is 142 Å². The van der Waals surface area contributed by atoms with Crippen LogP contribution in [-0.4, -0.2) is 5.91 Å². The summed E-state index contributed by atoms with van der Waals surface area (Å²) in [6, 6.07) is 10.5. The molecule has 2 rings (SSSR count). The van der Waals surface area contributed by atoms with Gasteiger partial charge in [-0.25, -0.2) is 0 Å². The number of hydrogen-bond acceptors (Lipinski definition) is 1. The second kappa shape index (κ2) is 6.43. The van der Waals surface area contributed by atoms with Crippen LogP contribution in [0.1, 0.15) is 10.4 Å². The average molecular weight is 471 g/mol. The number of halogens is 4. The van der Waals surface area contributed by atoms with Crippen LogP contribution >= 0.6 is 61.7 Å². The van der Waals surface area contributed by atoms with E-state index in [4.69, 9.17) is 23.2 Å². The predicted octanol–water partition coefficient (Wildman–Crippen LogP) is 5.61. The summed E-state index contributed by atoms with van der Waals surface area (Å²) < 4.78 is 1.73. The van der Waals surface area contributed by atoms with Crippen LogP contribution in [0.4, 0.5) is 5.69 Å². The minimum Gasteiger partial charge on any atom is -0.322 e. The number of nitrogens with one attached hydrogen (secondary N) is 1. The molecule has 0 atom stereocenters. The van der Waals surface area contributed by atoms with Gasteiger partial charge in [0.05, 0.1) is 15.6 Å². The molecule has 2 aromatic rings. The highest BCUT2D eigenvalue weighted by Crippen LogP contribution is 2.26. The van der Waals surface area contributed by atoms with Gasteiger partial charge in [-0.2, -0.15) is 0 Å². The van der Waals surface area contributed by atoms with Gasteiger partial charge in [-0.15, -0.1) is 0 Å². The van der Waals surface area contributed by atoms with Crippen LogP contribution in [0.5, 0.6) is 0 Å². The van der Waals surface area contributed by atoms with E-state index in [1.165, 1.54) is 0 Å². The Kier molecular flexibility index (Phi) is 5.11. The molecule has 2 aromatic carbocycles. The Morgan fingerprint density at radius 1 is 1.11 bits per heavy atom. The maximum Gasteiger partial charge on any atom is 0.256 e. The van der Waals surface area contributed by atoms with Crippen molar-refractivity contribution in [3.8, 4) is 0 Å². The summed E-state index contributed by atoms with van der Waals surface area (Å²) in [4.78, 5) is 12.2. The number of anilines is 1. The van der Waals surface area contributed by atoms with Gasteiger partial charge in [-0.05, 0) is 74.9 Å². The van der Waals surface area contributed by atoms with Crippen LogP contribution in [-0.2, 0) is 0 Å². The summed E-state index contributed by atoms with van der Waals surface area (Å²) in [6.07, 6.45) is 0. The summed E-state index contributed by atoms with van der Waals surface area (Å²) in [7, 11) is 0. The molecule has 0 saturated heterocycles. The van der Waals surface area contributed by atoms with E-state index < -0.39 is 0 Å². The second-order valence-electron chi connectivity index (χ2n) is 3.71. The van der Waals surface area contributed by atoms with Crippen LogP contribution < -0.4 is 5.32 Å². The fraction of sp³-hybridized carbons (Fsp3) is 0. The van der Waals surface area contributed by atoms with Crippen molar-refractivity contribution in [1.82, 2.24) is 0 Å². The van der Waals surface area contributed by atoms with Gasteiger partial charge in [0.25, 0.3) is 5.91 Å². The van der Waals surface area contributed by atoms with Crippen molar-refractivity contribution in [2.45, 2.75) is 0 Å². The minimum absolute atomic E-state index is 0.205. The quantitative estimate of drug-likeness (QED) is 0.568. The summed E-state index contributed by atoms with van der Waals surface area (Å²) in [5.41, 5.74) is 1.17. The first-order chi connectivity index (χ1) is 8.97. The molecule has 0 spiro atoms. The van der Waals surface area contributed by atoms with Gasteiger partial charge in [-0.1, -0.05) is 23.2 Å². The van der Waals surface area contributed by atoms with E-state index in [0.29, 0.717) is 21.3 Å². The normalized spacial score (nSPS) is 10.3. The van der Waals surface area contributed by atoms with Gasteiger partial charge in [0, 0.05) is 13.7 Å². The van der Waals surface area contributed by atoms with Gasteiger partial charge in [0.2, 0.25) is 0 Å². The third-order valence-electron chi connectivity index (χ3n) is 2.35. The van der Waals surface area contributed by atoms with Crippen molar-refractivity contribution in [2.75, 3.05) is 5.32 Å². The zero-order chi connectivity index (χ0) is 14.0. The fourth-order valence-electron chi connectivity index (χ4n) is 1.44. The monoisotopic (exact) mass is 469 g/mol. The van der Waals surface area contributed by atoms with E-state index in [0.717, 1.165) is 8.04 Å². The molecule has 1 amide bonds. The number of rotatable bonds is 2. The van der Waals surface area contributed by atoms with Gasteiger partial charge < -0.3 is 5.32 Å². The van der Waals surface area contributed by atoms with E-state index in [-0.39, 0.29) is 5.91 Å². The zero-order valence-corrected chi connectivity index (χ0v) is 14.6. The largest absolute Gasteiger partial charge is 0.322 e. The van der Waals surface area contributed by atoms with Crippen molar-refractivity contribution >= 4 is 73.3 Å². The number of benzene rings is 2. The highest BCUT2D eigenvalue weighted by Gasteiger charge is 2.11. The lowest BCUT2D eigenvalue weighted by Gasteiger charge is -2.08. The minimum atomic E-state index is -0.205. The van der Waals surface area contributed by atoms with E-state index in [2.05, 4.69) is 43.8 Å². The molecular weight excluding hydrogens is 464 g/mol. The Morgan fingerprint density at radius 2 is 1.84 bits per heavy atom. The van der Waals surface area contributed by atoms with Crippen LogP contribution in [0.3, 0.4) is 0 Å². The Hall–Kier alpha value is -0.300. The number of carbonyl (C=O) groups excluding carboxylic acids is 1. The molecular formula is C13H7BrCl2INO. The summed E-state index contributed by atoms with van der Waals surface area (Å²) >= 11 is 17.2. The molecule has 0 fully saturated rings. The molecule has 6 heteroatoms. The molecule has 0 aliphatic carbocycles. The van der Waals surface area contributed by atoms with Crippen molar-refractivity contribution in [3.05, 3.63) is 60.0 Å². The molecule has 0 aliphatic heterocycles. The lowest BCUT2D eigenvalue weighted by atomic mass is 10.2. The first-order valence-electron chi connectivity index (χ1n) is 5.19. The molecule has 0 saturated carbocycles. The summed E-state index contributed by atoms with van der Waals surface area (Å²) in [5, 5.41) is 3.64. The van der Waals surface area contributed by atoms with Crippen LogP contribution in [0.15, 0.2) is 40.9 Å². The number of hydrogen-bond donors (Lipinski definition) is 1. The second-order valence-corrected chi connectivity index (χ2v) is 6.62. The van der Waals surface area contributed by atoms with Crippen molar-refractivity contribution in [3.63, 3.8) is 0 Å². The summed E-state index contributed by atoms with van der Waals surface area (Å²) in [5.74, 6) is -0.205. The molecule has 98 valence electrons. The van der Waals surface area contributed by atoms with Crippen molar-refractivity contribution in [1.29, 1.82) is 0 Å². The van der Waals surface area contributed by atoms with Crippen LogP contribution in [0.25, 0.3) is 0 Å². The van der Waals surface area contributed by atoms with Gasteiger partial charge >= 0.3 is 0 Å². The Bertz CT molecular complexity index is 649. The van der Waals surface area contributed by atoms with E-state index in [1.54, 1.807) is 24.3 Å². The third-order valence-corrected chi connectivity index (χ3v) is 4.45. The van der Waals surface area contributed by atoms with Gasteiger partial charge in [-0.3, -0.25) is 4.79 Å². The Morgan fingerprint density at radius 3 is 2.53 bits per heavy atom. The van der Waals surface area contributed by atoms with E-state index in [1.807, 2.05) is 12.1 Å². The molecule has 0 aliphatic rings. The Balaban J connectivity index is 2.25. The molecule has 0 unspecified atom stereocenters. The highest BCUT2D eigenvalue weighted by molar-refractivity contribution is 14.1. The lowest BCUT2D eigenvalue weighted by molar-refractivity contribution is 0.102. The van der Waals surface area contributed by atoms with Gasteiger partial charge in [0.1, 0.15) is 0 Å². The summed E-state index contributed by atoms with van der Waals surface area (Å²) in [6.45, 7) is 0. The predicted molar refractivity (Wildman–Crippen MR) is 91.3 cm³/mol. The maximum absolute atomic E-state index is 12.2. The zero-order valence-electron chi connectivity index (χ0n) is 9.38. The maximum atomic E-state index is 12.2. The topological polar surface area (TPSA) is 29.1 Å². The standard InChI is InChI=1S/C13H7BrCl2INO/c14-10-3-1-7(17)5-9(10)13(19)18-8-2-4-11(15)12(16)6-8/h1-6H,(H,18,19).